The fraction of sp³-hybridized carbons (Fsp3) is 0.333. The van der Waals surface area contributed by atoms with Gasteiger partial charge in [-0.05, 0) is 11.5 Å². The second-order valence-electron chi connectivity index (χ2n) is 4.38. The monoisotopic (exact) mass is 345 g/mol. The molecule has 0 saturated carbocycles. The topological polar surface area (TPSA) is 63.2 Å². The average Bonchev–Trinajstić information content (AvgIpc) is 2.50. The molecule has 22 heavy (non-hydrogen) atoms. The first-order valence-corrected chi connectivity index (χ1v) is 6.64. The van der Waals surface area contributed by atoms with Crippen molar-refractivity contribution in [3.05, 3.63) is 42.2 Å². The Hall–Kier alpha value is -1.40. The molecule has 1 aromatic heterocycles. The van der Waals surface area contributed by atoms with Gasteiger partial charge in [-0.1, -0.05) is 24.3 Å². The summed E-state index contributed by atoms with van der Waals surface area (Å²) in [5.41, 5.74) is 0.472. The van der Waals surface area contributed by atoms with Gasteiger partial charge in [-0.25, -0.2) is 0 Å². The second-order valence-corrected chi connectivity index (χ2v) is 4.38. The Morgan fingerprint density at radius 1 is 1.14 bits per heavy atom. The van der Waals surface area contributed by atoms with Gasteiger partial charge in [0.25, 0.3) is 5.91 Å². The van der Waals surface area contributed by atoms with Gasteiger partial charge in [-0.15, -0.1) is 24.8 Å². The molecule has 2 N–H and O–H groups in total. The molecule has 0 radical (unpaired) electrons. The summed E-state index contributed by atoms with van der Waals surface area (Å²) in [7, 11) is 1.66. The molecule has 0 aliphatic heterocycles. The molecular weight excluding hydrogens is 325 g/mol. The lowest BCUT2D eigenvalue weighted by Crippen LogP contribution is -2.33. The zero-order chi connectivity index (χ0) is 14.2. The van der Waals surface area contributed by atoms with Gasteiger partial charge in [-0.2, -0.15) is 0 Å². The lowest BCUT2D eigenvalue weighted by molar-refractivity contribution is 0.0950. The molecule has 0 aliphatic rings. The van der Waals surface area contributed by atoms with E-state index in [4.69, 9.17) is 4.74 Å². The summed E-state index contributed by atoms with van der Waals surface area (Å²) in [5, 5.41) is 7.93. The number of amides is 1. The van der Waals surface area contributed by atoms with Gasteiger partial charge in [0.2, 0.25) is 0 Å². The molecule has 1 amide bonds. The zero-order valence-corrected chi connectivity index (χ0v) is 14.0. The molecule has 2 aromatic rings. The number of ether oxygens (including phenoxy) is 1. The number of nitrogens with zero attached hydrogens (tertiary/aromatic N) is 1. The van der Waals surface area contributed by atoms with Crippen LogP contribution in [-0.2, 0) is 4.74 Å². The third kappa shape index (κ3) is 5.77. The summed E-state index contributed by atoms with van der Waals surface area (Å²) in [6.07, 6.45) is 1.66. The SMILES string of the molecule is COCCNCCNC(=O)c1nccc2ccccc12.Cl.Cl. The number of benzene rings is 1. The summed E-state index contributed by atoms with van der Waals surface area (Å²) in [6, 6.07) is 9.64. The minimum absolute atomic E-state index is 0. The number of nitrogens with one attached hydrogen (secondary N) is 2. The first-order valence-electron chi connectivity index (χ1n) is 6.64. The Kier molecular flexibility index (Phi) is 10.5. The fourth-order valence-corrected chi connectivity index (χ4v) is 1.95. The van der Waals surface area contributed by atoms with Gasteiger partial charge in [-0.3, -0.25) is 9.78 Å². The zero-order valence-electron chi connectivity index (χ0n) is 12.4. The van der Waals surface area contributed by atoms with E-state index in [0.717, 1.165) is 17.3 Å². The first-order chi connectivity index (χ1) is 9.83. The van der Waals surface area contributed by atoms with E-state index >= 15 is 0 Å². The quantitative estimate of drug-likeness (QED) is 0.754. The lowest BCUT2D eigenvalue weighted by atomic mass is 10.1. The predicted molar refractivity (Wildman–Crippen MR) is 93.3 cm³/mol. The number of rotatable bonds is 7. The highest BCUT2D eigenvalue weighted by Crippen LogP contribution is 2.15. The van der Waals surface area contributed by atoms with Crippen molar-refractivity contribution >= 4 is 41.5 Å². The molecule has 2 rings (SSSR count). The first kappa shape index (κ1) is 20.6. The van der Waals surface area contributed by atoms with Gasteiger partial charge >= 0.3 is 0 Å². The number of aromatic nitrogens is 1. The molecule has 0 aliphatic carbocycles. The van der Waals surface area contributed by atoms with Crippen molar-refractivity contribution in [2.24, 2.45) is 0 Å². The van der Waals surface area contributed by atoms with Crippen LogP contribution in [0.25, 0.3) is 10.8 Å². The van der Waals surface area contributed by atoms with E-state index in [2.05, 4.69) is 15.6 Å². The standard InChI is InChI=1S/C15H19N3O2.2ClH/c1-20-11-10-16-8-9-18-15(19)14-13-5-3-2-4-12(13)6-7-17-14;;/h2-7,16H,8-11H2,1H3,(H,18,19);2*1H. The highest BCUT2D eigenvalue weighted by Gasteiger charge is 2.10. The molecule has 0 spiro atoms. The maximum atomic E-state index is 12.1. The van der Waals surface area contributed by atoms with Gasteiger partial charge in [0, 0.05) is 38.3 Å². The summed E-state index contributed by atoms with van der Waals surface area (Å²) in [5.74, 6) is -0.143. The summed E-state index contributed by atoms with van der Waals surface area (Å²) in [6.45, 7) is 2.71. The van der Waals surface area contributed by atoms with E-state index in [0.29, 0.717) is 25.4 Å². The Morgan fingerprint density at radius 3 is 2.68 bits per heavy atom. The third-order valence-corrected chi connectivity index (χ3v) is 2.96. The number of carbonyl (C=O) groups excluding carboxylic acids is 1. The second kappa shape index (κ2) is 11.2. The average molecular weight is 346 g/mol. The summed E-state index contributed by atoms with van der Waals surface area (Å²) >= 11 is 0. The number of pyridine rings is 1. The van der Waals surface area contributed by atoms with Crippen molar-refractivity contribution in [1.82, 2.24) is 15.6 Å². The van der Waals surface area contributed by atoms with E-state index in [1.807, 2.05) is 30.3 Å². The fourth-order valence-electron chi connectivity index (χ4n) is 1.95. The maximum absolute atomic E-state index is 12.1. The van der Waals surface area contributed by atoms with Crippen LogP contribution in [0, 0.1) is 0 Å². The normalized spacial score (nSPS) is 9.68. The van der Waals surface area contributed by atoms with E-state index in [9.17, 15) is 4.79 Å². The Morgan fingerprint density at radius 2 is 1.91 bits per heavy atom. The van der Waals surface area contributed by atoms with Gasteiger partial charge in [0.15, 0.2) is 0 Å². The molecule has 1 aromatic carbocycles. The number of hydrogen-bond acceptors (Lipinski definition) is 4. The maximum Gasteiger partial charge on any atom is 0.270 e. The van der Waals surface area contributed by atoms with E-state index in [-0.39, 0.29) is 30.7 Å². The molecule has 122 valence electrons. The van der Waals surface area contributed by atoms with Gasteiger partial charge in [0.1, 0.15) is 5.69 Å². The molecule has 1 heterocycles. The minimum Gasteiger partial charge on any atom is -0.383 e. The van der Waals surface area contributed by atoms with Crippen LogP contribution in [0.15, 0.2) is 36.5 Å². The largest absolute Gasteiger partial charge is 0.383 e. The number of fused-ring (bicyclic) bond motifs is 1. The van der Waals surface area contributed by atoms with Crippen molar-refractivity contribution in [2.75, 3.05) is 33.4 Å². The van der Waals surface area contributed by atoms with Crippen LogP contribution < -0.4 is 10.6 Å². The lowest BCUT2D eigenvalue weighted by Gasteiger charge is -2.08. The van der Waals surface area contributed by atoms with Crippen molar-refractivity contribution in [3.63, 3.8) is 0 Å². The number of halogens is 2. The molecule has 0 saturated heterocycles. The van der Waals surface area contributed by atoms with Crippen molar-refractivity contribution < 1.29 is 9.53 Å². The van der Waals surface area contributed by atoms with Crippen LogP contribution in [0.3, 0.4) is 0 Å². The van der Waals surface area contributed by atoms with Crippen LogP contribution in [-0.4, -0.2) is 44.2 Å². The van der Waals surface area contributed by atoms with Crippen LogP contribution >= 0.6 is 24.8 Å². The Balaban J connectivity index is 0.00000220. The van der Waals surface area contributed by atoms with Crippen LogP contribution in [0.5, 0.6) is 0 Å². The van der Waals surface area contributed by atoms with Crippen molar-refractivity contribution in [2.45, 2.75) is 0 Å². The van der Waals surface area contributed by atoms with E-state index in [1.165, 1.54) is 0 Å². The molecule has 0 bridgehead atoms. The van der Waals surface area contributed by atoms with Crippen molar-refractivity contribution in [3.8, 4) is 0 Å². The summed E-state index contributed by atoms with van der Waals surface area (Å²) in [4.78, 5) is 16.3. The number of hydrogen-bond donors (Lipinski definition) is 2. The molecule has 0 unspecified atom stereocenters. The highest BCUT2D eigenvalue weighted by atomic mass is 35.5. The number of carbonyl (C=O) groups is 1. The minimum atomic E-state index is -0.143. The van der Waals surface area contributed by atoms with Crippen molar-refractivity contribution in [1.29, 1.82) is 0 Å². The summed E-state index contributed by atoms with van der Waals surface area (Å²) < 4.78 is 4.93. The smallest absolute Gasteiger partial charge is 0.270 e. The molecule has 0 atom stereocenters. The molecule has 5 nitrogen and oxygen atoms in total. The molecule has 0 fully saturated rings. The number of methoxy groups -OCH3 is 1. The Labute approximate surface area is 142 Å². The Bertz CT molecular complexity index is 576. The molecular formula is C15H21Cl2N3O2. The van der Waals surface area contributed by atoms with E-state index in [1.54, 1.807) is 13.3 Å². The molecule has 7 heteroatoms. The van der Waals surface area contributed by atoms with Crippen LogP contribution in [0.4, 0.5) is 0 Å². The van der Waals surface area contributed by atoms with E-state index < -0.39 is 0 Å². The van der Waals surface area contributed by atoms with Gasteiger partial charge in [0.05, 0.1) is 6.61 Å². The van der Waals surface area contributed by atoms with Gasteiger partial charge < -0.3 is 15.4 Å². The predicted octanol–water partition coefficient (Wildman–Crippen LogP) is 2.04. The van der Waals surface area contributed by atoms with Crippen LogP contribution in [0.2, 0.25) is 0 Å². The van der Waals surface area contributed by atoms with Crippen LogP contribution in [0.1, 0.15) is 10.5 Å². The highest BCUT2D eigenvalue weighted by molar-refractivity contribution is 6.05. The third-order valence-electron chi connectivity index (χ3n) is 2.96.